The SMILES string of the molecule is CCN1CCC(c2ccc3cc(-c4ccc5nc(C)cn5c4)c(=O)oc3c2)CC1.Cc1cn2cc(C3=Cc4ccc(C5CCN(C)CC5)cc4OC3)ccc2n1. The van der Waals surface area contributed by atoms with E-state index in [0.29, 0.717) is 29.6 Å². The summed E-state index contributed by atoms with van der Waals surface area (Å²) in [4.78, 5) is 26.6. The molecule has 0 aliphatic carbocycles. The number of pyridine rings is 2. The van der Waals surface area contributed by atoms with Crippen LogP contribution in [0.5, 0.6) is 5.75 Å². The van der Waals surface area contributed by atoms with Crippen LogP contribution in [0, 0.1) is 13.8 Å². The Morgan fingerprint density at radius 2 is 1.34 bits per heavy atom. The highest BCUT2D eigenvalue weighted by Gasteiger charge is 2.22. The summed E-state index contributed by atoms with van der Waals surface area (Å²) < 4.78 is 15.9. The van der Waals surface area contributed by atoms with Crippen LogP contribution >= 0.6 is 0 Å². The number of aromatic nitrogens is 4. The molecule has 0 N–H and O–H groups in total. The lowest BCUT2D eigenvalue weighted by molar-refractivity contribution is 0.222. The second kappa shape index (κ2) is 15.2. The summed E-state index contributed by atoms with van der Waals surface area (Å²) in [5.74, 6) is 2.22. The van der Waals surface area contributed by atoms with Gasteiger partial charge in [-0.1, -0.05) is 31.2 Å². The molecule has 56 heavy (non-hydrogen) atoms. The van der Waals surface area contributed by atoms with Crippen LogP contribution in [0.25, 0.3) is 45.0 Å². The maximum absolute atomic E-state index is 12.7. The van der Waals surface area contributed by atoms with Gasteiger partial charge in [0, 0.05) is 41.3 Å². The molecule has 2 saturated heterocycles. The van der Waals surface area contributed by atoms with Crippen molar-refractivity contribution in [3.63, 3.8) is 0 Å². The molecule has 2 aromatic carbocycles. The topological polar surface area (TPSA) is 80.5 Å². The molecule has 286 valence electrons. The average Bonchev–Trinajstić information content (AvgIpc) is 3.80. The van der Waals surface area contributed by atoms with Crippen LogP contribution in [-0.2, 0) is 0 Å². The van der Waals surface area contributed by atoms with Gasteiger partial charge in [0.25, 0.3) is 0 Å². The number of ether oxygens (including phenoxy) is 1. The summed E-state index contributed by atoms with van der Waals surface area (Å²) in [5, 5.41) is 0.955. The summed E-state index contributed by atoms with van der Waals surface area (Å²) in [6.07, 6.45) is 15.1. The van der Waals surface area contributed by atoms with Gasteiger partial charge in [-0.05, 0) is 162 Å². The van der Waals surface area contributed by atoms with E-state index in [1.54, 1.807) is 0 Å². The maximum atomic E-state index is 12.7. The number of nitrogens with zero attached hydrogens (tertiary/aromatic N) is 6. The zero-order valence-corrected chi connectivity index (χ0v) is 32.9. The highest BCUT2D eigenvalue weighted by Crippen LogP contribution is 2.36. The van der Waals surface area contributed by atoms with E-state index in [2.05, 4.69) is 105 Å². The predicted molar refractivity (Wildman–Crippen MR) is 225 cm³/mol. The Balaban J connectivity index is 0.000000147. The molecule has 9 nitrogen and oxygen atoms in total. The van der Waals surface area contributed by atoms with Crippen molar-refractivity contribution in [1.29, 1.82) is 0 Å². The molecular formula is C47H50N6O3. The summed E-state index contributed by atoms with van der Waals surface area (Å²) >= 11 is 0. The third kappa shape index (κ3) is 7.41. The first-order valence-corrected chi connectivity index (χ1v) is 20.1. The van der Waals surface area contributed by atoms with Crippen LogP contribution in [0.15, 0.2) is 101 Å². The standard InChI is InChI=1S/C24H25N3O2.C23H25N3O/c1-3-26-10-8-17(9-11-26)18-4-5-19-12-21(24(28)29-22(19)13-18)20-6-7-23-25-16(2)14-27(23)15-20;1-16-13-26-14-20(5-6-23(26)24-16)21-11-19-4-3-18(12-22(19)27-15-21)17-7-9-25(2)10-8-17/h4-7,12-15,17H,3,8-11H2,1-2H3;3-6,11-14,17H,7-10,15H2,1-2H3. The van der Waals surface area contributed by atoms with E-state index < -0.39 is 0 Å². The fourth-order valence-corrected chi connectivity index (χ4v) is 8.69. The Morgan fingerprint density at radius 3 is 2.04 bits per heavy atom. The van der Waals surface area contributed by atoms with Crippen molar-refractivity contribution in [1.82, 2.24) is 28.6 Å². The molecular weight excluding hydrogens is 697 g/mol. The average molecular weight is 747 g/mol. The molecule has 0 unspecified atom stereocenters. The first-order valence-electron chi connectivity index (χ1n) is 20.1. The van der Waals surface area contributed by atoms with Crippen molar-refractivity contribution in [3.05, 3.63) is 136 Å². The molecule has 7 aromatic rings. The largest absolute Gasteiger partial charge is 0.488 e. The van der Waals surface area contributed by atoms with Crippen molar-refractivity contribution in [2.24, 2.45) is 0 Å². The summed E-state index contributed by atoms with van der Waals surface area (Å²) in [6, 6.07) is 23.1. The molecule has 10 rings (SSSR count). The van der Waals surface area contributed by atoms with Gasteiger partial charge in [0.15, 0.2) is 0 Å². The Hall–Kier alpha value is -5.51. The lowest BCUT2D eigenvalue weighted by Crippen LogP contribution is -2.32. The number of likely N-dealkylation sites (tertiary alicyclic amines) is 2. The molecule has 8 heterocycles. The third-order valence-electron chi connectivity index (χ3n) is 12.0. The minimum absolute atomic E-state index is 0.299. The number of fused-ring (bicyclic) bond motifs is 4. The van der Waals surface area contributed by atoms with Crippen molar-refractivity contribution >= 4 is 33.9 Å². The lowest BCUT2D eigenvalue weighted by Gasteiger charge is -2.31. The Bertz CT molecular complexity index is 2630. The van der Waals surface area contributed by atoms with Gasteiger partial charge in [0.2, 0.25) is 0 Å². The van der Waals surface area contributed by atoms with Gasteiger partial charge in [0.05, 0.1) is 17.0 Å². The van der Waals surface area contributed by atoms with Gasteiger partial charge in [-0.2, -0.15) is 0 Å². The van der Waals surface area contributed by atoms with E-state index in [-0.39, 0.29) is 5.63 Å². The maximum Gasteiger partial charge on any atom is 0.344 e. The van der Waals surface area contributed by atoms with Crippen molar-refractivity contribution < 1.29 is 9.15 Å². The number of hydrogen-bond donors (Lipinski definition) is 0. The Morgan fingerprint density at radius 1 is 0.714 bits per heavy atom. The van der Waals surface area contributed by atoms with E-state index >= 15 is 0 Å². The third-order valence-corrected chi connectivity index (χ3v) is 12.0. The summed E-state index contributed by atoms with van der Waals surface area (Å²) in [7, 11) is 2.21. The molecule has 0 bridgehead atoms. The molecule has 2 fully saturated rings. The first-order chi connectivity index (χ1) is 27.3. The minimum atomic E-state index is -0.299. The van der Waals surface area contributed by atoms with Gasteiger partial charge < -0.3 is 27.8 Å². The zero-order chi connectivity index (χ0) is 38.3. The van der Waals surface area contributed by atoms with E-state index in [1.165, 1.54) is 53.8 Å². The van der Waals surface area contributed by atoms with Gasteiger partial charge in [-0.15, -0.1) is 0 Å². The van der Waals surface area contributed by atoms with E-state index in [9.17, 15) is 4.79 Å². The fraction of sp³-hybridized carbons (Fsp3) is 0.340. The number of rotatable bonds is 5. The van der Waals surface area contributed by atoms with Crippen LogP contribution in [-0.4, -0.2) is 74.9 Å². The molecule has 3 aliphatic rings. The smallest absolute Gasteiger partial charge is 0.344 e. The van der Waals surface area contributed by atoms with Gasteiger partial charge >= 0.3 is 5.63 Å². The van der Waals surface area contributed by atoms with Gasteiger partial charge in [-0.25, -0.2) is 14.8 Å². The first kappa shape index (κ1) is 36.1. The van der Waals surface area contributed by atoms with Gasteiger partial charge in [0.1, 0.15) is 29.2 Å². The van der Waals surface area contributed by atoms with Crippen LogP contribution in [0.4, 0.5) is 0 Å². The monoisotopic (exact) mass is 746 g/mol. The van der Waals surface area contributed by atoms with Crippen LogP contribution in [0.1, 0.15) is 78.1 Å². The fourth-order valence-electron chi connectivity index (χ4n) is 8.69. The number of piperidine rings is 2. The molecule has 9 heteroatoms. The zero-order valence-electron chi connectivity index (χ0n) is 32.9. The van der Waals surface area contributed by atoms with Crippen molar-refractivity contribution in [2.75, 3.05) is 46.4 Å². The number of hydrogen-bond acceptors (Lipinski definition) is 7. The molecule has 0 saturated carbocycles. The highest BCUT2D eigenvalue weighted by atomic mass is 16.5. The Kier molecular flexibility index (Phi) is 9.81. The summed E-state index contributed by atoms with van der Waals surface area (Å²) in [5.41, 5.74) is 11.9. The van der Waals surface area contributed by atoms with E-state index in [4.69, 9.17) is 9.15 Å². The van der Waals surface area contributed by atoms with E-state index in [1.807, 2.05) is 48.8 Å². The van der Waals surface area contributed by atoms with Crippen LogP contribution in [0.3, 0.4) is 0 Å². The Labute approximate surface area is 327 Å². The molecule has 0 amide bonds. The second-order valence-electron chi connectivity index (χ2n) is 15.9. The number of imidazole rings is 2. The second-order valence-corrected chi connectivity index (χ2v) is 15.9. The molecule has 0 atom stereocenters. The molecule has 5 aromatic heterocycles. The van der Waals surface area contributed by atoms with Crippen molar-refractivity contribution in [3.8, 4) is 16.9 Å². The molecule has 3 aliphatic heterocycles. The molecule has 0 radical (unpaired) electrons. The summed E-state index contributed by atoms with van der Waals surface area (Å²) in [6.45, 7) is 12.6. The van der Waals surface area contributed by atoms with Crippen molar-refractivity contribution in [2.45, 2.75) is 58.3 Å². The quantitative estimate of drug-likeness (QED) is 0.163. The minimum Gasteiger partial charge on any atom is -0.488 e. The highest BCUT2D eigenvalue weighted by molar-refractivity contribution is 5.86. The molecule has 0 spiro atoms. The number of aryl methyl sites for hydroxylation is 2. The lowest BCUT2D eigenvalue weighted by atomic mass is 9.88. The predicted octanol–water partition coefficient (Wildman–Crippen LogP) is 9.00. The normalized spacial score (nSPS) is 17.1. The van der Waals surface area contributed by atoms with E-state index in [0.717, 1.165) is 71.9 Å². The van der Waals surface area contributed by atoms with Crippen LogP contribution < -0.4 is 10.4 Å². The van der Waals surface area contributed by atoms with Gasteiger partial charge in [-0.3, -0.25) is 0 Å². The number of benzene rings is 2. The van der Waals surface area contributed by atoms with Crippen LogP contribution in [0.2, 0.25) is 0 Å².